The first-order chi connectivity index (χ1) is 5.65. The lowest BCUT2D eigenvalue weighted by Crippen LogP contribution is -2.50. The molecule has 0 amide bonds. The minimum Gasteiger partial charge on any atom is -0.373 e. The minimum atomic E-state index is 0.162. The SMILES string of the molecule is CC(C)COC1COC12CC2C. The number of ether oxygens (including phenoxy) is 2. The van der Waals surface area contributed by atoms with Gasteiger partial charge >= 0.3 is 0 Å². The van der Waals surface area contributed by atoms with Crippen LogP contribution in [-0.2, 0) is 9.47 Å². The molecule has 1 aliphatic carbocycles. The lowest BCUT2D eigenvalue weighted by molar-refractivity contribution is -0.214. The van der Waals surface area contributed by atoms with Crippen molar-refractivity contribution in [3.63, 3.8) is 0 Å². The first-order valence-electron chi connectivity index (χ1n) is 4.90. The van der Waals surface area contributed by atoms with Crippen molar-refractivity contribution in [1.82, 2.24) is 0 Å². The molecule has 3 atom stereocenters. The van der Waals surface area contributed by atoms with Crippen molar-refractivity contribution in [3.05, 3.63) is 0 Å². The largest absolute Gasteiger partial charge is 0.373 e. The van der Waals surface area contributed by atoms with E-state index >= 15 is 0 Å². The van der Waals surface area contributed by atoms with E-state index in [1.165, 1.54) is 6.42 Å². The second-order valence-corrected chi connectivity index (χ2v) is 4.59. The van der Waals surface area contributed by atoms with Crippen molar-refractivity contribution in [2.75, 3.05) is 13.2 Å². The average molecular weight is 170 g/mol. The number of hydrogen-bond acceptors (Lipinski definition) is 2. The van der Waals surface area contributed by atoms with E-state index in [0.29, 0.717) is 12.0 Å². The van der Waals surface area contributed by atoms with Gasteiger partial charge in [0, 0.05) is 6.61 Å². The van der Waals surface area contributed by atoms with E-state index in [9.17, 15) is 0 Å². The Morgan fingerprint density at radius 2 is 2.25 bits per heavy atom. The fourth-order valence-corrected chi connectivity index (χ4v) is 1.93. The van der Waals surface area contributed by atoms with Crippen LogP contribution >= 0.6 is 0 Å². The van der Waals surface area contributed by atoms with Crippen LogP contribution in [0.4, 0.5) is 0 Å². The van der Waals surface area contributed by atoms with Crippen LogP contribution in [0.5, 0.6) is 0 Å². The van der Waals surface area contributed by atoms with Crippen LogP contribution < -0.4 is 0 Å². The molecule has 0 bridgehead atoms. The van der Waals surface area contributed by atoms with Crippen molar-refractivity contribution >= 4 is 0 Å². The standard InChI is InChI=1S/C10H18O2/c1-7(2)5-11-9-6-12-10(9)4-8(10)3/h7-9H,4-6H2,1-3H3. The van der Waals surface area contributed by atoms with Gasteiger partial charge in [0.15, 0.2) is 0 Å². The summed E-state index contributed by atoms with van der Waals surface area (Å²) in [5, 5.41) is 0. The fourth-order valence-electron chi connectivity index (χ4n) is 1.93. The van der Waals surface area contributed by atoms with Gasteiger partial charge in [0.2, 0.25) is 0 Å². The van der Waals surface area contributed by atoms with Crippen LogP contribution in [0.15, 0.2) is 0 Å². The summed E-state index contributed by atoms with van der Waals surface area (Å²) in [5.74, 6) is 1.36. The summed E-state index contributed by atoms with van der Waals surface area (Å²) in [6, 6.07) is 0. The zero-order valence-electron chi connectivity index (χ0n) is 8.17. The topological polar surface area (TPSA) is 18.5 Å². The fraction of sp³-hybridized carbons (Fsp3) is 1.00. The van der Waals surface area contributed by atoms with Crippen molar-refractivity contribution in [2.45, 2.75) is 38.9 Å². The Kier molecular flexibility index (Phi) is 1.92. The molecule has 0 aromatic rings. The van der Waals surface area contributed by atoms with Gasteiger partial charge < -0.3 is 9.47 Å². The number of rotatable bonds is 3. The van der Waals surface area contributed by atoms with E-state index in [1.807, 2.05) is 0 Å². The Morgan fingerprint density at radius 1 is 1.58 bits per heavy atom. The van der Waals surface area contributed by atoms with Crippen molar-refractivity contribution in [3.8, 4) is 0 Å². The Hall–Kier alpha value is -0.0800. The first kappa shape index (κ1) is 8.52. The summed E-state index contributed by atoms with van der Waals surface area (Å²) in [6.45, 7) is 8.30. The Bertz CT molecular complexity index is 175. The van der Waals surface area contributed by atoms with E-state index in [4.69, 9.17) is 9.47 Å². The van der Waals surface area contributed by atoms with E-state index < -0.39 is 0 Å². The molecule has 2 aliphatic rings. The highest BCUT2D eigenvalue weighted by atomic mass is 16.6. The molecule has 2 rings (SSSR count). The molecule has 3 unspecified atom stereocenters. The zero-order chi connectivity index (χ0) is 8.77. The molecule has 0 radical (unpaired) electrons. The highest BCUT2D eigenvalue weighted by molar-refractivity contribution is 5.13. The van der Waals surface area contributed by atoms with Gasteiger partial charge in [0.25, 0.3) is 0 Å². The molecule has 1 heterocycles. The molecule has 0 aromatic carbocycles. The van der Waals surface area contributed by atoms with Gasteiger partial charge in [-0.15, -0.1) is 0 Å². The van der Waals surface area contributed by atoms with Crippen molar-refractivity contribution < 1.29 is 9.47 Å². The van der Waals surface area contributed by atoms with Gasteiger partial charge in [-0.1, -0.05) is 20.8 Å². The Morgan fingerprint density at radius 3 is 2.58 bits per heavy atom. The summed E-state index contributed by atoms with van der Waals surface area (Å²) in [6.07, 6.45) is 1.60. The summed E-state index contributed by atoms with van der Waals surface area (Å²) < 4.78 is 11.3. The third-order valence-electron chi connectivity index (χ3n) is 2.98. The molecule has 1 aliphatic heterocycles. The third kappa shape index (κ3) is 1.17. The highest BCUT2D eigenvalue weighted by Crippen LogP contribution is 2.55. The molecule has 1 saturated carbocycles. The van der Waals surface area contributed by atoms with Gasteiger partial charge in [0.1, 0.15) is 6.10 Å². The molecule has 2 fully saturated rings. The van der Waals surface area contributed by atoms with E-state index in [1.54, 1.807) is 0 Å². The summed E-state index contributed by atoms with van der Waals surface area (Å²) in [7, 11) is 0. The molecule has 0 N–H and O–H groups in total. The second-order valence-electron chi connectivity index (χ2n) is 4.59. The smallest absolute Gasteiger partial charge is 0.110 e. The maximum atomic E-state index is 5.76. The van der Waals surface area contributed by atoms with Crippen molar-refractivity contribution in [1.29, 1.82) is 0 Å². The summed E-state index contributed by atoms with van der Waals surface area (Å²) >= 11 is 0. The normalized spacial score (nSPS) is 45.0. The molecule has 12 heavy (non-hydrogen) atoms. The molecular formula is C10H18O2. The first-order valence-corrected chi connectivity index (χ1v) is 4.90. The monoisotopic (exact) mass is 170 g/mol. The molecule has 1 spiro atoms. The molecule has 1 saturated heterocycles. The summed E-state index contributed by atoms with van der Waals surface area (Å²) in [5.41, 5.74) is 0.162. The predicted molar refractivity (Wildman–Crippen MR) is 47.0 cm³/mol. The predicted octanol–water partition coefficient (Wildman–Crippen LogP) is 1.84. The lowest BCUT2D eigenvalue weighted by atomic mass is 10.1. The average Bonchev–Trinajstić information content (AvgIpc) is 2.62. The zero-order valence-corrected chi connectivity index (χ0v) is 8.17. The van der Waals surface area contributed by atoms with Gasteiger partial charge in [0.05, 0.1) is 12.2 Å². The summed E-state index contributed by atoms with van der Waals surface area (Å²) in [4.78, 5) is 0. The molecule has 70 valence electrons. The van der Waals surface area contributed by atoms with Gasteiger partial charge in [-0.3, -0.25) is 0 Å². The lowest BCUT2D eigenvalue weighted by Gasteiger charge is -2.38. The second kappa shape index (κ2) is 2.71. The molecular weight excluding hydrogens is 152 g/mol. The van der Waals surface area contributed by atoms with Crippen LogP contribution in [0.1, 0.15) is 27.2 Å². The van der Waals surface area contributed by atoms with Crippen LogP contribution in [-0.4, -0.2) is 24.9 Å². The Labute approximate surface area is 74.2 Å². The Balaban J connectivity index is 1.76. The van der Waals surface area contributed by atoms with E-state index in [0.717, 1.165) is 19.1 Å². The van der Waals surface area contributed by atoms with E-state index in [-0.39, 0.29) is 5.60 Å². The maximum absolute atomic E-state index is 5.76. The molecule has 2 nitrogen and oxygen atoms in total. The van der Waals surface area contributed by atoms with Crippen LogP contribution in [0.2, 0.25) is 0 Å². The van der Waals surface area contributed by atoms with Gasteiger partial charge in [-0.25, -0.2) is 0 Å². The molecule has 0 aromatic heterocycles. The minimum absolute atomic E-state index is 0.162. The quantitative estimate of drug-likeness (QED) is 0.643. The molecule has 2 heteroatoms. The van der Waals surface area contributed by atoms with Gasteiger partial charge in [-0.05, 0) is 18.3 Å². The maximum Gasteiger partial charge on any atom is 0.110 e. The van der Waals surface area contributed by atoms with Crippen LogP contribution in [0.25, 0.3) is 0 Å². The van der Waals surface area contributed by atoms with E-state index in [2.05, 4.69) is 20.8 Å². The van der Waals surface area contributed by atoms with Gasteiger partial charge in [-0.2, -0.15) is 0 Å². The third-order valence-corrected chi connectivity index (χ3v) is 2.98. The number of hydrogen-bond donors (Lipinski definition) is 0. The van der Waals surface area contributed by atoms with Crippen molar-refractivity contribution in [2.24, 2.45) is 11.8 Å². The van der Waals surface area contributed by atoms with Crippen LogP contribution in [0.3, 0.4) is 0 Å². The van der Waals surface area contributed by atoms with Crippen LogP contribution in [0, 0.1) is 11.8 Å². The highest BCUT2D eigenvalue weighted by Gasteiger charge is 2.64.